The molecule has 3 rings (SSSR count). The smallest absolute Gasteiger partial charge is 0.139 e. The summed E-state index contributed by atoms with van der Waals surface area (Å²) in [5, 5.41) is 1.13. The quantitative estimate of drug-likeness (QED) is 0.811. The molecule has 2 aromatic rings. The number of para-hydroxylation sites is 1. The number of anilines is 1. The van der Waals surface area contributed by atoms with Crippen molar-refractivity contribution >= 4 is 16.7 Å². The van der Waals surface area contributed by atoms with Gasteiger partial charge in [-0.15, -0.1) is 0 Å². The predicted molar refractivity (Wildman–Crippen MR) is 64.3 cm³/mol. The molecule has 0 unspecified atom stereocenters. The summed E-state index contributed by atoms with van der Waals surface area (Å²) in [6.07, 6.45) is 1.63. The first kappa shape index (κ1) is 9.54. The molecule has 0 bridgehead atoms. The molecule has 4 nitrogen and oxygen atoms in total. The molecule has 1 fully saturated rings. The molecule has 1 aliphatic rings. The number of nitrogens with two attached hydrogens (primary N) is 1. The minimum Gasteiger partial charge on any atom is -0.355 e. The van der Waals surface area contributed by atoms with Gasteiger partial charge in [-0.1, -0.05) is 12.1 Å². The number of fused-ring (bicyclic) bond motifs is 1. The Morgan fingerprint density at radius 2 is 2.06 bits per heavy atom. The molecule has 2 N–H and O–H groups in total. The largest absolute Gasteiger partial charge is 0.355 e. The summed E-state index contributed by atoms with van der Waals surface area (Å²) in [6, 6.07) is 8.11. The van der Waals surface area contributed by atoms with E-state index >= 15 is 0 Å². The number of hydrogen-bond donors (Lipinski definition) is 1. The van der Waals surface area contributed by atoms with Crippen LogP contribution in [0.4, 0.5) is 5.82 Å². The Kier molecular flexibility index (Phi) is 2.22. The SMILES string of the molecule is NCC1CN(c2ncnc3ccccc23)C1. The Labute approximate surface area is 94.1 Å². The van der Waals surface area contributed by atoms with E-state index in [1.165, 1.54) is 0 Å². The van der Waals surface area contributed by atoms with Gasteiger partial charge in [-0.2, -0.15) is 0 Å². The molecule has 0 radical (unpaired) electrons. The van der Waals surface area contributed by atoms with Crippen molar-refractivity contribution in [1.29, 1.82) is 0 Å². The van der Waals surface area contributed by atoms with Gasteiger partial charge >= 0.3 is 0 Å². The van der Waals surface area contributed by atoms with Crippen LogP contribution in [0.1, 0.15) is 0 Å². The van der Waals surface area contributed by atoms with Crippen molar-refractivity contribution in [3.63, 3.8) is 0 Å². The Hall–Kier alpha value is -1.68. The summed E-state index contributed by atoms with van der Waals surface area (Å²) in [5.41, 5.74) is 6.63. The van der Waals surface area contributed by atoms with Gasteiger partial charge in [0.15, 0.2) is 0 Å². The van der Waals surface area contributed by atoms with Crippen LogP contribution < -0.4 is 10.6 Å². The minimum atomic E-state index is 0.619. The third-order valence-corrected chi connectivity index (χ3v) is 3.11. The van der Waals surface area contributed by atoms with E-state index in [2.05, 4.69) is 20.9 Å². The fourth-order valence-corrected chi connectivity index (χ4v) is 2.13. The zero-order chi connectivity index (χ0) is 11.0. The Morgan fingerprint density at radius 1 is 1.25 bits per heavy atom. The summed E-state index contributed by atoms with van der Waals surface area (Å²) in [6.45, 7) is 2.79. The third-order valence-electron chi connectivity index (χ3n) is 3.11. The van der Waals surface area contributed by atoms with Gasteiger partial charge in [0.25, 0.3) is 0 Å². The van der Waals surface area contributed by atoms with Crippen LogP contribution in [0, 0.1) is 5.92 Å². The summed E-state index contributed by atoms with van der Waals surface area (Å²) < 4.78 is 0. The third kappa shape index (κ3) is 1.42. The number of rotatable bonds is 2. The van der Waals surface area contributed by atoms with Crippen molar-refractivity contribution in [2.45, 2.75) is 0 Å². The van der Waals surface area contributed by atoms with E-state index in [-0.39, 0.29) is 0 Å². The summed E-state index contributed by atoms with van der Waals surface area (Å²) in [5.74, 6) is 1.66. The molecular formula is C12H14N4. The predicted octanol–water partition coefficient (Wildman–Crippen LogP) is 1.02. The molecule has 1 aromatic carbocycles. The van der Waals surface area contributed by atoms with Crippen LogP contribution >= 0.6 is 0 Å². The molecule has 82 valence electrons. The first-order valence-electron chi connectivity index (χ1n) is 5.53. The van der Waals surface area contributed by atoms with Gasteiger partial charge in [0.05, 0.1) is 5.52 Å². The van der Waals surface area contributed by atoms with E-state index < -0.39 is 0 Å². The number of benzene rings is 1. The molecule has 0 amide bonds. The molecule has 16 heavy (non-hydrogen) atoms. The summed E-state index contributed by atoms with van der Waals surface area (Å²) >= 11 is 0. The lowest BCUT2D eigenvalue weighted by Gasteiger charge is -2.39. The van der Waals surface area contributed by atoms with Gasteiger partial charge in [0.1, 0.15) is 12.1 Å². The van der Waals surface area contributed by atoms with E-state index in [9.17, 15) is 0 Å². The number of hydrogen-bond acceptors (Lipinski definition) is 4. The fourth-order valence-electron chi connectivity index (χ4n) is 2.13. The zero-order valence-electron chi connectivity index (χ0n) is 9.00. The Balaban J connectivity index is 1.98. The Morgan fingerprint density at radius 3 is 2.88 bits per heavy atom. The molecule has 1 aliphatic heterocycles. The molecule has 0 saturated carbocycles. The second-order valence-corrected chi connectivity index (χ2v) is 4.22. The lowest BCUT2D eigenvalue weighted by Crippen LogP contribution is -2.50. The van der Waals surface area contributed by atoms with Gasteiger partial charge in [-0.25, -0.2) is 9.97 Å². The average Bonchev–Trinajstić information content (AvgIpc) is 2.28. The van der Waals surface area contributed by atoms with Gasteiger partial charge < -0.3 is 10.6 Å². The van der Waals surface area contributed by atoms with E-state index in [1.807, 2.05) is 18.2 Å². The highest BCUT2D eigenvalue weighted by Crippen LogP contribution is 2.27. The molecule has 1 saturated heterocycles. The molecule has 0 spiro atoms. The first-order valence-corrected chi connectivity index (χ1v) is 5.53. The maximum Gasteiger partial charge on any atom is 0.139 e. The number of aromatic nitrogens is 2. The topological polar surface area (TPSA) is 55.0 Å². The van der Waals surface area contributed by atoms with E-state index in [4.69, 9.17) is 5.73 Å². The van der Waals surface area contributed by atoms with Gasteiger partial charge in [0.2, 0.25) is 0 Å². The molecule has 2 heterocycles. The van der Waals surface area contributed by atoms with Gasteiger partial charge in [-0.3, -0.25) is 0 Å². The van der Waals surface area contributed by atoms with E-state index in [0.29, 0.717) is 5.92 Å². The number of nitrogens with zero attached hydrogens (tertiary/aromatic N) is 3. The monoisotopic (exact) mass is 214 g/mol. The maximum absolute atomic E-state index is 5.63. The van der Waals surface area contributed by atoms with Crippen LogP contribution in [0.5, 0.6) is 0 Å². The van der Waals surface area contributed by atoms with Crippen LogP contribution in [-0.4, -0.2) is 29.6 Å². The highest BCUT2D eigenvalue weighted by atomic mass is 15.2. The van der Waals surface area contributed by atoms with Crippen molar-refractivity contribution in [3.8, 4) is 0 Å². The van der Waals surface area contributed by atoms with Crippen molar-refractivity contribution < 1.29 is 0 Å². The standard InChI is InChI=1S/C12H14N4/c13-5-9-6-16(7-9)12-10-3-1-2-4-11(10)14-8-15-12/h1-4,8-9H,5-7,13H2. The van der Waals surface area contributed by atoms with Crippen molar-refractivity contribution in [1.82, 2.24) is 9.97 Å². The highest BCUT2D eigenvalue weighted by Gasteiger charge is 2.27. The zero-order valence-corrected chi connectivity index (χ0v) is 9.00. The first-order chi connectivity index (χ1) is 7.88. The lowest BCUT2D eigenvalue weighted by atomic mass is 10.00. The van der Waals surface area contributed by atoms with Gasteiger partial charge in [-0.05, 0) is 18.7 Å². The molecule has 0 aliphatic carbocycles. The second-order valence-electron chi connectivity index (χ2n) is 4.22. The molecule has 0 atom stereocenters. The van der Waals surface area contributed by atoms with Crippen LogP contribution in [0.3, 0.4) is 0 Å². The molecule has 1 aromatic heterocycles. The summed E-state index contributed by atoms with van der Waals surface area (Å²) in [4.78, 5) is 10.9. The van der Waals surface area contributed by atoms with E-state index in [1.54, 1.807) is 6.33 Å². The van der Waals surface area contributed by atoms with Crippen LogP contribution in [0.25, 0.3) is 10.9 Å². The highest BCUT2D eigenvalue weighted by molar-refractivity contribution is 5.89. The maximum atomic E-state index is 5.63. The van der Waals surface area contributed by atoms with Crippen molar-refractivity contribution in [3.05, 3.63) is 30.6 Å². The van der Waals surface area contributed by atoms with E-state index in [0.717, 1.165) is 36.4 Å². The van der Waals surface area contributed by atoms with Crippen LogP contribution in [0.15, 0.2) is 30.6 Å². The van der Waals surface area contributed by atoms with Gasteiger partial charge in [0, 0.05) is 24.4 Å². The van der Waals surface area contributed by atoms with Crippen molar-refractivity contribution in [2.75, 3.05) is 24.5 Å². The van der Waals surface area contributed by atoms with Crippen LogP contribution in [0.2, 0.25) is 0 Å². The average molecular weight is 214 g/mol. The summed E-state index contributed by atoms with van der Waals surface area (Å²) in [7, 11) is 0. The second kappa shape index (κ2) is 3.72. The normalized spacial score (nSPS) is 16.4. The lowest BCUT2D eigenvalue weighted by molar-refractivity contribution is 0.418. The fraction of sp³-hybridized carbons (Fsp3) is 0.333. The Bertz CT molecular complexity index is 500. The molecular weight excluding hydrogens is 200 g/mol. The minimum absolute atomic E-state index is 0.619. The van der Waals surface area contributed by atoms with Crippen LogP contribution in [-0.2, 0) is 0 Å². The van der Waals surface area contributed by atoms with Crippen molar-refractivity contribution in [2.24, 2.45) is 11.7 Å². The molecule has 4 heteroatoms.